The lowest BCUT2D eigenvalue weighted by Crippen LogP contribution is -2.39. The molecule has 1 aliphatic heterocycles. The standard InChI is InChI=1S/C29H41N5O4.C2H6/c1-4-21(5-2)34-28(36)22-17-12-18-23(24(22)29(34)37)32-33-25(26(35)30-19-13-8-6-9-14-19)27(38-3)31-20-15-10-7-11-16-20;1-2/h12,17-21,31H,4-11,13-16H2,1-3H3,(H,30,35);1-2H3/b27-25-,33-32?;. The zero-order valence-electron chi connectivity index (χ0n) is 24.9. The SMILES string of the molecule is CC.CCC(CC)N1C(=O)c2cccc(N=N/C(C(=O)NC3CCCCC3)=C(/NC3CCCCC3)OC)c2C1=O. The smallest absolute Gasteiger partial charge is 0.277 e. The molecule has 1 aromatic carbocycles. The summed E-state index contributed by atoms with van der Waals surface area (Å²) in [7, 11) is 1.52. The van der Waals surface area contributed by atoms with E-state index < -0.39 is 0 Å². The number of nitrogens with zero attached hydrogens (tertiary/aromatic N) is 3. The van der Waals surface area contributed by atoms with Crippen LogP contribution in [0.25, 0.3) is 0 Å². The lowest BCUT2D eigenvalue weighted by atomic mass is 9.95. The Hall–Kier alpha value is -3.23. The molecule has 0 saturated heterocycles. The van der Waals surface area contributed by atoms with Crippen molar-refractivity contribution < 1.29 is 19.1 Å². The lowest BCUT2D eigenvalue weighted by molar-refractivity contribution is -0.118. The molecule has 2 saturated carbocycles. The fraction of sp³-hybridized carbons (Fsp3) is 0.645. The zero-order valence-corrected chi connectivity index (χ0v) is 24.9. The number of imide groups is 1. The first-order valence-electron chi connectivity index (χ1n) is 15.3. The van der Waals surface area contributed by atoms with Gasteiger partial charge in [0.05, 0.1) is 23.9 Å². The van der Waals surface area contributed by atoms with Gasteiger partial charge in [-0.15, -0.1) is 10.2 Å². The molecule has 0 aromatic heterocycles. The van der Waals surface area contributed by atoms with Crippen molar-refractivity contribution in [2.45, 2.75) is 123 Å². The van der Waals surface area contributed by atoms with Crippen molar-refractivity contribution in [3.8, 4) is 0 Å². The molecule has 3 amide bonds. The first-order chi connectivity index (χ1) is 19.5. The predicted molar refractivity (Wildman–Crippen MR) is 156 cm³/mol. The third-order valence-electron chi connectivity index (χ3n) is 8.00. The van der Waals surface area contributed by atoms with Gasteiger partial charge in [0.2, 0.25) is 11.6 Å². The van der Waals surface area contributed by atoms with Gasteiger partial charge in [0, 0.05) is 18.1 Å². The van der Waals surface area contributed by atoms with Gasteiger partial charge in [0.25, 0.3) is 17.7 Å². The van der Waals surface area contributed by atoms with Crippen LogP contribution in [-0.4, -0.2) is 47.9 Å². The van der Waals surface area contributed by atoms with Gasteiger partial charge >= 0.3 is 0 Å². The second kappa shape index (κ2) is 15.5. The van der Waals surface area contributed by atoms with Gasteiger partial charge in [-0.25, -0.2) is 0 Å². The van der Waals surface area contributed by atoms with E-state index in [9.17, 15) is 14.4 Å². The minimum absolute atomic E-state index is 0.0508. The highest BCUT2D eigenvalue weighted by atomic mass is 16.5. The number of amides is 3. The molecule has 1 aromatic rings. The molecule has 4 rings (SSSR count). The summed E-state index contributed by atoms with van der Waals surface area (Å²) in [4.78, 5) is 41.3. The molecule has 0 bridgehead atoms. The van der Waals surface area contributed by atoms with E-state index in [-0.39, 0.29) is 58.7 Å². The van der Waals surface area contributed by atoms with Crippen molar-refractivity contribution in [1.82, 2.24) is 15.5 Å². The molecule has 9 nitrogen and oxygen atoms in total. The molecule has 220 valence electrons. The van der Waals surface area contributed by atoms with Crippen LogP contribution in [0.1, 0.15) is 125 Å². The molecule has 3 aliphatic rings. The molecule has 0 spiro atoms. The number of carbonyl (C=O) groups is 3. The summed E-state index contributed by atoms with van der Waals surface area (Å²) in [6.07, 6.45) is 12.0. The molecule has 2 N–H and O–H groups in total. The first kappa shape index (κ1) is 31.3. The van der Waals surface area contributed by atoms with Crippen LogP contribution >= 0.6 is 0 Å². The maximum atomic E-state index is 13.5. The Morgan fingerprint density at radius 1 is 0.925 bits per heavy atom. The van der Waals surface area contributed by atoms with Crippen molar-refractivity contribution in [3.05, 3.63) is 40.9 Å². The second-order valence-electron chi connectivity index (χ2n) is 10.5. The quantitative estimate of drug-likeness (QED) is 0.144. The minimum Gasteiger partial charge on any atom is -0.481 e. The highest BCUT2D eigenvalue weighted by molar-refractivity contribution is 6.23. The summed E-state index contributed by atoms with van der Waals surface area (Å²) in [6.45, 7) is 7.93. The van der Waals surface area contributed by atoms with Gasteiger partial charge < -0.3 is 15.4 Å². The molecule has 40 heavy (non-hydrogen) atoms. The minimum atomic E-state index is -0.363. The number of hydrogen-bond donors (Lipinski definition) is 2. The number of carbonyl (C=O) groups excluding carboxylic acids is 3. The summed E-state index contributed by atoms with van der Waals surface area (Å²) >= 11 is 0. The molecular formula is C31H47N5O4. The summed E-state index contributed by atoms with van der Waals surface area (Å²) in [5, 5.41) is 15.2. The van der Waals surface area contributed by atoms with E-state index in [2.05, 4.69) is 20.9 Å². The first-order valence-corrected chi connectivity index (χ1v) is 15.3. The lowest BCUT2D eigenvalue weighted by Gasteiger charge is -2.26. The monoisotopic (exact) mass is 553 g/mol. The van der Waals surface area contributed by atoms with E-state index in [0.717, 1.165) is 51.4 Å². The molecule has 1 heterocycles. The molecule has 0 radical (unpaired) electrons. The van der Waals surface area contributed by atoms with Crippen LogP contribution in [0.2, 0.25) is 0 Å². The van der Waals surface area contributed by atoms with Gasteiger partial charge in [-0.3, -0.25) is 19.3 Å². The van der Waals surface area contributed by atoms with Crippen LogP contribution in [0.4, 0.5) is 5.69 Å². The highest BCUT2D eigenvalue weighted by Crippen LogP contribution is 2.34. The van der Waals surface area contributed by atoms with E-state index in [1.807, 2.05) is 27.7 Å². The Balaban J connectivity index is 0.00000216. The Labute approximate surface area is 239 Å². The number of methoxy groups -OCH3 is 1. The van der Waals surface area contributed by atoms with Crippen molar-refractivity contribution in [2.24, 2.45) is 10.2 Å². The number of nitrogens with one attached hydrogen (secondary N) is 2. The average molecular weight is 554 g/mol. The van der Waals surface area contributed by atoms with Crippen molar-refractivity contribution in [1.29, 1.82) is 0 Å². The van der Waals surface area contributed by atoms with E-state index in [1.165, 1.54) is 24.9 Å². The third kappa shape index (κ3) is 7.29. The van der Waals surface area contributed by atoms with Gasteiger partial charge in [-0.05, 0) is 50.7 Å². The van der Waals surface area contributed by atoms with Gasteiger partial charge in [-0.2, -0.15) is 0 Å². The maximum absolute atomic E-state index is 13.5. The fourth-order valence-corrected chi connectivity index (χ4v) is 5.81. The Morgan fingerprint density at radius 2 is 1.50 bits per heavy atom. The molecule has 9 heteroatoms. The Kier molecular flexibility index (Phi) is 12.2. The average Bonchev–Trinajstić information content (AvgIpc) is 3.25. The molecule has 0 unspecified atom stereocenters. The number of rotatable bonds is 10. The van der Waals surface area contributed by atoms with Crippen molar-refractivity contribution in [2.75, 3.05) is 7.11 Å². The largest absolute Gasteiger partial charge is 0.481 e. The summed E-state index contributed by atoms with van der Waals surface area (Å²) in [6, 6.07) is 5.10. The van der Waals surface area contributed by atoms with Gasteiger partial charge in [-0.1, -0.05) is 72.3 Å². The molecule has 2 aliphatic carbocycles. The molecular weight excluding hydrogens is 506 g/mol. The van der Waals surface area contributed by atoms with Crippen LogP contribution in [-0.2, 0) is 9.53 Å². The van der Waals surface area contributed by atoms with E-state index >= 15 is 0 Å². The number of fused-ring (bicyclic) bond motifs is 1. The van der Waals surface area contributed by atoms with E-state index in [4.69, 9.17) is 4.74 Å². The van der Waals surface area contributed by atoms with Crippen LogP contribution in [0, 0.1) is 0 Å². The number of azo groups is 1. The number of ether oxygens (including phenoxy) is 1. The highest BCUT2D eigenvalue weighted by Gasteiger charge is 2.40. The normalized spacial score (nSPS) is 18.8. The van der Waals surface area contributed by atoms with Crippen LogP contribution in [0.5, 0.6) is 0 Å². The van der Waals surface area contributed by atoms with Crippen LogP contribution in [0.15, 0.2) is 40.0 Å². The van der Waals surface area contributed by atoms with Crippen LogP contribution in [0.3, 0.4) is 0 Å². The third-order valence-corrected chi connectivity index (χ3v) is 8.00. The van der Waals surface area contributed by atoms with Crippen molar-refractivity contribution >= 4 is 23.4 Å². The number of benzene rings is 1. The molecule has 2 fully saturated rings. The predicted octanol–water partition coefficient (Wildman–Crippen LogP) is 6.77. The Bertz CT molecular complexity index is 1080. The van der Waals surface area contributed by atoms with E-state index in [0.29, 0.717) is 18.4 Å². The van der Waals surface area contributed by atoms with Gasteiger partial charge in [0.15, 0.2) is 0 Å². The Morgan fingerprint density at radius 3 is 2.05 bits per heavy atom. The topological polar surface area (TPSA) is 112 Å². The summed E-state index contributed by atoms with van der Waals surface area (Å²) in [5.41, 5.74) is 0.877. The second-order valence-corrected chi connectivity index (χ2v) is 10.5. The summed E-state index contributed by atoms with van der Waals surface area (Å²) < 4.78 is 5.65. The number of hydrogen-bond acceptors (Lipinski definition) is 7. The fourth-order valence-electron chi connectivity index (χ4n) is 5.81. The summed E-state index contributed by atoms with van der Waals surface area (Å²) in [5.74, 6) is -0.743. The zero-order chi connectivity index (χ0) is 29.1. The van der Waals surface area contributed by atoms with E-state index in [1.54, 1.807) is 18.2 Å². The molecule has 0 atom stereocenters. The van der Waals surface area contributed by atoms with Crippen molar-refractivity contribution in [3.63, 3.8) is 0 Å². The van der Waals surface area contributed by atoms with Crippen LogP contribution < -0.4 is 10.6 Å². The van der Waals surface area contributed by atoms with Gasteiger partial charge in [0.1, 0.15) is 0 Å². The maximum Gasteiger partial charge on any atom is 0.277 e.